The van der Waals surface area contributed by atoms with Gasteiger partial charge in [0.05, 0.1) is 22.5 Å². The van der Waals surface area contributed by atoms with Crippen molar-refractivity contribution in [3.63, 3.8) is 0 Å². The molecule has 2 N–H and O–H groups in total. The van der Waals surface area contributed by atoms with Crippen LogP contribution in [0.4, 0.5) is 0 Å². The quantitative estimate of drug-likeness (QED) is 0.924. The Morgan fingerprint density at radius 1 is 1.65 bits per heavy atom. The highest BCUT2D eigenvalue weighted by Crippen LogP contribution is 2.25. The van der Waals surface area contributed by atoms with Gasteiger partial charge in [-0.2, -0.15) is 5.10 Å². The van der Waals surface area contributed by atoms with E-state index in [1.54, 1.807) is 0 Å². The zero-order chi connectivity index (χ0) is 12.4. The van der Waals surface area contributed by atoms with Crippen LogP contribution in [0.25, 0.3) is 0 Å². The number of nitrogens with zero attached hydrogens (tertiary/aromatic N) is 2. The lowest BCUT2D eigenvalue weighted by Crippen LogP contribution is -2.33. The summed E-state index contributed by atoms with van der Waals surface area (Å²) in [5.41, 5.74) is 8.52. The zero-order valence-electron chi connectivity index (χ0n) is 10.4. The molecule has 0 bridgehead atoms. The van der Waals surface area contributed by atoms with Crippen molar-refractivity contribution in [2.24, 2.45) is 11.7 Å². The zero-order valence-corrected chi connectivity index (χ0v) is 12.0. The molecule has 0 aliphatic carbocycles. The van der Waals surface area contributed by atoms with E-state index in [-0.39, 0.29) is 6.04 Å². The standard InChI is InChI=1S/C12H20BrN3O/c1-3-16-11(12(13)8(2)15-16)6-10(14)9-4-5-17-7-9/h9-10H,3-7,14H2,1-2H3. The van der Waals surface area contributed by atoms with Crippen LogP contribution in [0.2, 0.25) is 0 Å². The Morgan fingerprint density at radius 2 is 2.41 bits per heavy atom. The Hall–Kier alpha value is -0.390. The second-order valence-electron chi connectivity index (χ2n) is 4.65. The smallest absolute Gasteiger partial charge is 0.0738 e. The monoisotopic (exact) mass is 301 g/mol. The van der Waals surface area contributed by atoms with Gasteiger partial charge in [-0.25, -0.2) is 0 Å². The first kappa shape index (κ1) is 13.1. The summed E-state index contributed by atoms with van der Waals surface area (Å²) in [7, 11) is 0. The van der Waals surface area contributed by atoms with Crippen molar-refractivity contribution in [2.75, 3.05) is 13.2 Å². The van der Waals surface area contributed by atoms with Crippen LogP contribution in [-0.2, 0) is 17.7 Å². The Labute approximate surface area is 111 Å². The molecule has 2 heterocycles. The van der Waals surface area contributed by atoms with E-state index in [0.717, 1.165) is 42.8 Å². The van der Waals surface area contributed by atoms with Crippen LogP contribution in [0.15, 0.2) is 4.47 Å². The first-order valence-corrected chi connectivity index (χ1v) is 6.97. The minimum Gasteiger partial charge on any atom is -0.381 e. The second kappa shape index (κ2) is 5.50. The number of hydrogen-bond acceptors (Lipinski definition) is 3. The van der Waals surface area contributed by atoms with Gasteiger partial charge in [-0.05, 0) is 42.1 Å². The summed E-state index contributed by atoms with van der Waals surface area (Å²) in [5.74, 6) is 0.488. The molecule has 1 fully saturated rings. The number of hydrogen-bond donors (Lipinski definition) is 1. The molecule has 17 heavy (non-hydrogen) atoms. The van der Waals surface area contributed by atoms with E-state index >= 15 is 0 Å². The molecule has 2 atom stereocenters. The highest BCUT2D eigenvalue weighted by molar-refractivity contribution is 9.10. The molecule has 0 spiro atoms. The first-order chi connectivity index (χ1) is 8.13. The van der Waals surface area contributed by atoms with Gasteiger partial charge >= 0.3 is 0 Å². The molecule has 0 aromatic carbocycles. The molecular formula is C12H20BrN3O. The van der Waals surface area contributed by atoms with Crippen LogP contribution >= 0.6 is 15.9 Å². The SMILES string of the molecule is CCn1nc(C)c(Br)c1CC(N)C1CCOC1. The van der Waals surface area contributed by atoms with Crippen LogP contribution in [0, 0.1) is 12.8 Å². The molecule has 0 radical (unpaired) electrons. The fraction of sp³-hybridized carbons (Fsp3) is 0.750. The van der Waals surface area contributed by atoms with Crippen molar-refractivity contribution < 1.29 is 4.74 Å². The molecule has 0 amide bonds. The van der Waals surface area contributed by atoms with Gasteiger partial charge in [0, 0.05) is 25.6 Å². The predicted octanol–water partition coefficient (Wildman–Crippen LogP) is 1.88. The van der Waals surface area contributed by atoms with Crippen LogP contribution in [-0.4, -0.2) is 29.0 Å². The summed E-state index contributed by atoms with van der Waals surface area (Å²) in [5, 5.41) is 4.49. The Bertz CT molecular complexity index is 385. The maximum Gasteiger partial charge on any atom is 0.0738 e. The Morgan fingerprint density at radius 3 is 3.00 bits per heavy atom. The van der Waals surface area contributed by atoms with Gasteiger partial charge in [-0.15, -0.1) is 0 Å². The van der Waals surface area contributed by atoms with E-state index in [1.165, 1.54) is 5.69 Å². The van der Waals surface area contributed by atoms with Gasteiger partial charge in [-0.3, -0.25) is 4.68 Å². The molecule has 0 saturated carbocycles. The summed E-state index contributed by atoms with van der Waals surface area (Å²) in [6.07, 6.45) is 1.95. The van der Waals surface area contributed by atoms with Crippen molar-refractivity contribution in [3.8, 4) is 0 Å². The molecule has 5 heteroatoms. The Balaban J connectivity index is 2.11. The highest BCUT2D eigenvalue weighted by Gasteiger charge is 2.25. The normalized spacial score (nSPS) is 22.0. The van der Waals surface area contributed by atoms with Crippen LogP contribution in [0.5, 0.6) is 0 Å². The third-order valence-corrected chi connectivity index (χ3v) is 4.48. The van der Waals surface area contributed by atoms with Crippen LogP contribution in [0.3, 0.4) is 0 Å². The maximum atomic E-state index is 6.27. The molecule has 1 aliphatic rings. The minimum atomic E-state index is 0.162. The van der Waals surface area contributed by atoms with E-state index in [2.05, 4.69) is 28.0 Å². The fourth-order valence-corrected chi connectivity index (χ4v) is 2.79. The molecule has 96 valence electrons. The predicted molar refractivity (Wildman–Crippen MR) is 70.9 cm³/mol. The van der Waals surface area contributed by atoms with Gasteiger partial charge in [0.2, 0.25) is 0 Å². The number of ether oxygens (including phenoxy) is 1. The molecule has 1 aromatic rings. The third-order valence-electron chi connectivity index (χ3n) is 3.45. The topological polar surface area (TPSA) is 53.1 Å². The van der Waals surface area contributed by atoms with Crippen molar-refractivity contribution in [1.82, 2.24) is 9.78 Å². The molecule has 1 aliphatic heterocycles. The minimum absolute atomic E-state index is 0.162. The number of aryl methyl sites for hydroxylation is 2. The molecule has 2 rings (SSSR count). The fourth-order valence-electron chi connectivity index (χ4n) is 2.34. The number of rotatable bonds is 4. The lowest BCUT2D eigenvalue weighted by atomic mass is 9.96. The number of halogens is 1. The van der Waals surface area contributed by atoms with E-state index < -0.39 is 0 Å². The largest absolute Gasteiger partial charge is 0.381 e. The molecule has 4 nitrogen and oxygen atoms in total. The van der Waals surface area contributed by atoms with Crippen molar-refractivity contribution in [1.29, 1.82) is 0 Å². The molecule has 1 saturated heterocycles. The highest BCUT2D eigenvalue weighted by atomic mass is 79.9. The van der Waals surface area contributed by atoms with E-state index in [4.69, 9.17) is 10.5 Å². The van der Waals surface area contributed by atoms with Crippen LogP contribution in [0.1, 0.15) is 24.7 Å². The van der Waals surface area contributed by atoms with Crippen LogP contribution < -0.4 is 5.73 Å². The summed E-state index contributed by atoms with van der Waals surface area (Å²) >= 11 is 3.61. The van der Waals surface area contributed by atoms with E-state index in [0.29, 0.717) is 5.92 Å². The molecule has 1 aromatic heterocycles. The van der Waals surface area contributed by atoms with Crippen molar-refractivity contribution >= 4 is 15.9 Å². The van der Waals surface area contributed by atoms with Gasteiger partial charge in [0.15, 0.2) is 0 Å². The summed E-state index contributed by atoms with van der Waals surface area (Å²) < 4.78 is 8.54. The van der Waals surface area contributed by atoms with E-state index in [1.807, 2.05) is 11.6 Å². The van der Waals surface area contributed by atoms with Gasteiger partial charge in [-0.1, -0.05) is 0 Å². The summed E-state index contributed by atoms with van der Waals surface area (Å²) in [6.45, 7) is 6.66. The van der Waals surface area contributed by atoms with E-state index in [9.17, 15) is 0 Å². The summed E-state index contributed by atoms with van der Waals surface area (Å²) in [4.78, 5) is 0. The lowest BCUT2D eigenvalue weighted by molar-refractivity contribution is 0.180. The van der Waals surface area contributed by atoms with Crippen molar-refractivity contribution in [2.45, 2.75) is 39.3 Å². The van der Waals surface area contributed by atoms with Crippen molar-refractivity contribution in [3.05, 3.63) is 15.9 Å². The first-order valence-electron chi connectivity index (χ1n) is 6.18. The third kappa shape index (κ3) is 2.72. The van der Waals surface area contributed by atoms with Gasteiger partial charge < -0.3 is 10.5 Å². The van der Waals surface area contributed by atoms with Gasteiger partial charge in [0.25, 0.3) is 0 Å². The lowest BCUT2D eigenvalue weighted by Gasteiger charge is -2.18. The summed E-state index contributed by atoms with van der Waals surface area (Å²) in [6, 6.07) is 0.162. The second-order valence-corrected chi connectivity index (χ2v) is 5.45. The number of nitrogens with two attached hydrogens (primary N) is 1. The molecular weight excluding hydrogens is 282 g/mol. The average Bonchev–Trinajstić information content (AvgIpc) is 2.92. The molecule has 2 unspecified atom stereocenters. The number of aromatic nitrogens is 2. The average molecular weight is 302 g/mol. The maximum absolute atomic E-state index is 6.27. The Kier molecular flexibility index (Phi) is 4.22. The van der Waals surface area contributed by atoms with Gasteiger partial charge in [0.1, 0.15) is 0 Å².